The van der Waals surface area contributed by atoms with Crippen LogP contribution in [0.1, 0.15) is 43.6 Å². The summed E-state index contributed by atoms with van der Waals surface area (Å²) >= 11 is 0. The molecule has 7 nitrogen and oxygen atoms in total. The molecule has 1 saturated heterocycles. The van der Waals surface area contributed by atoms with E-state index in [1.54, 1.807) is 12.1 Å². The minimum absolute atomic E-state index is 0.00499. The largest absolute Gasteiger partial charge is 0.355 e. The lowest BCUT2D eigenvalue weighted by Gasteiger charge is -2.21. The first kappa shape index (κ1) is 17.7. The standard InChI is InChI=1S/C15H24N4O3S/c1-3-8-19(9-4-2)14-6-5-13(17-18-14)15(20)16-12-7-10-23(21,22)11-12/h5-6,12H,3-4,7-11H2,1-2H3,(H,16,20). The second kappa shape index (κ2) is 7.72. The first-order valence-corrected chi connectivity index (χ1v) is 9.87. The minimum Gasteiger partial charge on any atom is -0.355 e. The molecule has 1 amide bonds. The fourth-order valence-electron chi connectivity index (χ4n) is 2.66. The van der Waals surface area contributed by atoms with Crippen LogP contribution in [-0.4, -0.2) is 55.2 Å². The Labute approximate surface area is 137 Å². The van der Waals surface area contributed by atoms with Gasteiger partial charge in [-0.25, -0.2) is 8.42 Å². The predicted octanol–water partition coefficient (Wildman–Crippen LogP) is 1.02. The number of hydrogen-bond donors (Lipinski definition) is 1. The van der Waals surface area contributed by atoms with Crippen molar-refractivity contribution in [2.75, 3.05) is 29.5 Å². The molecule has 128 valence electrons. The van der Waals surface area contributed by atoms with Gasteiger partial charge in [-0.05, 0) is 31.4 Å². The van der Waals surface area contributed by atoms with E-state index in [1.807, 2.05) is 0 Å². The predicted molar refractivity (Wildman–Crippen MR) is 89.4 cm³/mol. The number of rotatable bonds is 7. The van der Waals surface area contributed by atoms with Crippen LogP contribution in [0.5, 0.6) is 0 Å². The number of sulfone groups is 1. The van der Waals surface area contributed by atoms with Crippen molar-refractivity contribution in [1.29, 1.82) is 0 Å². The molecule has 1 aliphatic rings. The third kappa shape index (κ3) is 4.89. The van der Waals surface area contributed by atoms with Crippen LogP contribution in [0.3, 0.4) is 0 Å². The van der Waals surface area contributed by atoms with Gasteiger partial charge in [0.15, 0.2) is 21.3 Å². The molecular weight excluding hydrogens is 316 g/mol. The highest BCUT2D eigenvalue weighted by atomic mass is 32.2. The van der Waals surface area contributed by atoms with E-state index in [0.29, 0.717) is 6.42 Å². The van der Waals surface area contributed by atoms with Crippen LogP contribution in [0, 0.1) is 0 Å². The lowest BCUT2D eigenvalue weighted by Crippen LogP contribution is -2.36. The average Bonchev–Trinajstić information content (AvgIpc) is 2.86. The van der Waals surface area contributed by atoms with Gasteiger partial charge in [-0.1, -0.05) is 13.8 Å². The highest BCUT2D eigenvalue weighted by Crippen LogP contribution is 2.13. The van der Waals surface area contributed by atoms with Gasteiger partial charge in [0, 0.05) is 19.1 Å². The van der Waals surface area contributed by atoms with Gasteiger partial charge in [0.05, 0.1) is 11.5 Å². The molecule has 1 fully saturated rings. The molecule has 0 spiro atoms. The molecule has 1 unspecified atom stereocenters. The van der Waals surface area contributed by atoms with Crippen LogP contribution in [0.25, 0.3) is 0 Å². The normalized spacial score (nSPS) is 19.5. The monoisotopic (exact) mass is 340 g/mol. The molecule has 8 heteroatoms. The van der Waals surface area contributed by atoms with Gasteiger partial charge >= 0.3 is 0 Å². The topological polar surface area (TPSA) is 92.3 Å². The number of hydrogen-bond acceptors (Lipinski definition) is 6. The fourth-order valence-corrected chi connectivity index (χ4v) is 4.34. The quantitative estimate of drug-likeness (QED) is 0.797. The zero-order valence-corrected chi connectivity index (χ0v) is 14.5. The summed E-state index contributed by atoms with van der Waals surface area (Å²) in [7, 11) is -3.01. The molecule has 1 atom stereocenters. The third-order valence-electron chi connectivity index (χ3n) is 3.76. The Balaban J connectivity index is 1.99. The van der Waals surface area contributed by atoms with E-state index in [-0.39, 0.29) is 29.1 Å². The highest BCUT2D eigenvalue weighted by Gasteiger charge is 2.29. The summed E-state index contributed by atoms with van der Waals surface area (Å²) in [5.74, 6) is 0.522. The van der Waals surface area contributed by atoms with Gasteiger partial charge in [-0.3, -0.25) is 4.79 Å². The second-order valence-corrected chi connectivity index (χ2v) is 8.07. The van der Waals surface area contributed by atoms with Gasteiger partial charge in [0.25, 0.3) is 5.91 Å². The van der Waals surface area contributed by atoms with Crippen molar-refractivity contribution in [1.82, 2.24) is 15.5 Å². The van der Waals surface area contributed by atoms with Crippen LogP contribution in [0.4, 0.5) is 5.82 Å². The number of carbonyl (C=O) groups excluding carboxylic acids is 1. The molecular formula is C15H24N4O3S. The van der Waals surface area contributed by atoms with Crippen LogP contribution in [0.15, 0.2) is 12.1 Å². The summed E-state index contributed by atoms with van der Waals surface area (Å²) in [4.78, 5) is 14.3. The molecule has 1 aromatic rings. The Hall–Kier alpha value is -1.70. The van der Waals surface area contributed by atoms with Crippen LogP contribution >= 0.6 is 0 Å². The number of amides is 1. The minimum atomic E-state index is -3.01. The van der Waals surface area contributed by atoms with Crippen LogP contribution < -0.4 is 10.2 Å². The Kier molecular flexibility index (Phi) is 5.92. The van der Waals surface area contributed by atoms with Crippen molar-refractivity contribution < 1.29 is 13.2 Å². The van der Waals surface area contributed by atoms with E-state index in [0.717, 1.165) is 31.7 Å². The molecule has 0 bridgehead atoms. The van der Waals surface area contributed by atoms with Gasteiger partial charge in [0.2, 0.25) is 0 Å². The second-order valence-electron chi connectivity index (χ2n) is 5.84. The van der Waals surface area contributed by atoms with E-state index in [1.165, 1.54) is 0 Å². The number of nitrogens with one attached hydrogen (secondary N) is 1. The van der Waals surface area contributed by atoms with Gasteiger partial charge < -0.3 is 10.2 Å². The molecule has 0 radical (unpaired) electrons. The van der Waals surface area contributed by atoms with E-state index >= 15 is 0 Å². The molecule has 2 heterocycles. The first-order valence-electron chi connectivity index (χ1n) is 8.05. The smallest absolute Gasteiger partial charge is 0.272 e. The van der Waals surface area contributed by atoms with Gasteiger partial charge in [-0.2, -0.15) is 0 Å². The van der Waals surface area contributed by atoms with Crippen LogP contribution in [-0.2, 0) is 9.84 Å². The average molecular weight is 340 g/mol. The number of nitrogens with zero attached hydrogens (tertiary/aromatic N) is 3. The molecule has 0 saturated carbocycles. The van der Waals surface area contributed by atoms with Crippen molar-refractivity contribution in [3.05, 3.63) is 17.8 Å². The van der Waals surface area contributed by atoms with Gasteiger partial charge in [0.1, 0.15) is 0 Å². The molecule has 2 rings (SSSR count). The summed E-state index contributed by atoms with van der Waals surface area (Å²) in [5.41, 5.74) is 0.214. The first-order chi connectivity index (χ1) is 10.9. The lowest BCUT2D eigenvalue weighted by molar-refractivity contribution is 0.0935. The Morgan fingerprint density at radius 2 is 1.96 bits per heavy atom. The Bertz CT molecular complexity index is 625. The van der Waals surface area contributed by atoms with E-state index < -0.39 is 9.84 Å². The van der Waals surface area contributed by atoms with Crippen molar-refractivity contribution in [2.45, 2.75) is 39.2 Å². The zero-order chi connectivity index (χ0) is 16.9. The molecule has 0 aliphatic carbocycles. The number of anilines is 1. The Morgan fingerprint density at radius 3 is 2.43 bits per heavy atom. The maximum absolute atomic E-state index is 12.1. The summed E-state index contributed by atoms with van der Waals surface area (Å²) in [5, 5.41) is 10.8. The fraction of sp³-hybridized carbons (Fsp3) is 0.667. The zero-order valence-electron chi connectivity index (χ0n) is 13.7. The highest BCUT2D eigenvalue weighted by molar-refractivity contribution is 7.91. The summed E-state index contributed by atoms with van der Waals surface area (Å²) in [6.07, 6.45) is 2.49. The third-order valence-corrected chi connectivity index (χ3v) is 5.53. The SMILES string of the molecule is CCCN(CCC)c1ccc(C(=O)NC2CCS(=O)(=O)C2)nn1. The van der Waals surface area contributed by atoms with Crippen LogP contribution in [0.2, 0.25) is 0 Å². The van der Waals surface area contributed by atoms with Crippen molar-refractivity contribution >= 4 is 21.6 Å². The Morgan fingerprint density at radius 1 is 1.26 bits per heavy atom. The molecule has 1 aliphatic heterocycles. The summed E-state index contributed by atoms with van der Waals surface area (Å²) in [6.45, 7) is 6.00. The molecule has 1 aromatic heterocycles. The van der Waals surface area contributed by atoms with E-state index in [9.17, 15) is 13.2 Å². The maximum atomic E-state index is 12.1. The number of carbonyl (C=O) groups is 1. The summed E-state index contributed by atoms with van der Waals surface area (Å²) in [6, 6.07) is 3.10. The van der Waals surface area contributed by atoms with E-state index in [4.69, 9.17) is 0 Å². The summed E-state index contributed by atoms with van der Waals surface area (Å²) < 4.78 is 22.8. The van der Waals surface area contributed by atoms with Gasteiger partial charge in [-0.15, -0.1) is 10.2 Å². The molecule has 23 heavy (non-hydrogen) atoms. The molecule has 0 aromatic carbocycles. The van der Waals surface area contributed by atoms with Crippen molar-refractivity contribution in [3.8, 4) is 0 Å². The van der Waals surface area contributed by atoms with E-state index in [2.05, 4.69) is 34.3 Å². The number of aromatic nitrogens is 2. The molecule has 1 N–H and O–H groups in total. The maximum Gasteiger partial charge on any atom is 0.272 e. The van der Waals surface area contributed by atoms with Crippen molar-refractivity contribution in [2.24, 2.45) is 0 Å². The van der Waals surface area contributed by atoms with Crippen molar-refractivity contribution in [3.63, 3.8) is 0 Å². The lowest BCUT2D eigenvalue weighted by atomic mass is 10.2.